The van der Waals surface area contributed by atoms with Crippen molar-refractivity contribution in [2.75, 3.05) is 6.54 Å². The molecule has 22 heavy (non-hydrogen) atoms. The highest BCUT2D eigenvalue weighted by Crippen LogP contribution is 2.20. The summed E-state index contributed by atoms with van der Waals surface area (Å²) in [7, 11) is -2.22. The van der Waals surface area contributed by atoms with E-state index in [0.717, 1.165) is 12.5 Å². The summed E-state index contributed by atoms with van der Waals surface area (Å²) >= 11 is 0. The Morgan fingerprint density at radius 3 is 1.68 bits per heavy atom. The first-order valence-corrected chi connectivity index (χ1v) is 10.3. The molecule has 0 aliphatic carbocycles. The SMILES string of the molecule is C[Si-](CCCN)(OCc1ccccc1)OCc1ccccc1. The van der Waals surface area contributed by atoms with Gasteiger partial charge in [-0.3, -0.25) is 0 Å². The summed E-state index contributed by atoms with van der Waals surface area (Å²) in [5.41, 5.74) is 8.02. The number of nitrogens with two attached hydrogens (primary N) is 1. The van der Waals surface area contributed by atoms with E-state index in [0.29, 0.717) is 19.8 Å². The van der Waals surface area contributed by atoms with Gasteiger partial charge in [-0.05, 0) is 17.7 Å². The number of hydrogen-bond donors (Lipinski definition) is 1. The van der Waals surface area contributed by atoms with E-state index in [1.165, 1.54) is 11.1 Å². The van der Waals surface area contributed by atoms with Gasteiger partial charge in [0.25, 0.3) is 0 Å². The van der Waals surface area contributed by atoms with Crippen molar-refractivity contribution in [1.29, 1.82) is 0 Å². The zero-order valence-electron chi connectivity index (χ0n) is 13.2. The lowest BCUT2D eigenvalue weighted by Gasteiger charge is -2.40. The van der Waals surface area contributed by atoms with Gasteiger partial charge in [-0.2, -0.15) is 0 Å². The predicted molar refractivity (Wildman–Crippen MR) is 92.6 cm³/mol. The average molecular weight is 315 g/mol. The van der Waals surface area contributed by atoms with E-state index in [4.69, 9.17) is 14.6 Å². The Bertz CT molecular complexity index is 490. The van der Waals surface area contributed by atoms with Crippen molar-refractivity contribution in [2.45, 2.75) is 32.2 Å². The van der Waals surface area contributed by atoms with Gasteiger partial charge in [0.1, 0.15) is 8.56 Å². The largest absolute Gasteiger partial charge is 0.542 e. The van der Waals surface area contributed by atoms with E-state index in [1.807, 2.05) is 36.4 Å². The van der Waals surface area contributed by atoms with Crippen molar-refractivity contribution in [2.24, 2.45) is 5.73 Å². The fourth-order valence-electron chi connectivity index (χ4n) is 2.23. The summed E-state index contributed by atoms with van der Waals surface area (Å²) in [6.07, 6.45) is 0.937. The first-order chi connectivity index (χ1) is 10.7. The van der Waals surface area contributed by atoms with Crippen LogP contribution in [0, 0.1) is 0 Å². The quantitative estimate of drug-likeness (QED) is 0.715. The fraction of sp³-hybridized carbons (Fsp3) is 0.333. The average Bonchev–Trinajstić information content (AvgIpc) is 2.59. The summed E-state index contributed by atoms with van der Waals surface area (Å²) < 4.78 is 12.4. The van der Waals surface area contributed by atoms with Crippen LogP contribution < -0.4 is 5.73 Å². The first-order valence-electron chi connectivity index (χ1n) is 7.78. The Kier molecular flexibility index (Phi) is 6.80. The lowest BCUT2D eigenvalue weighted by atomic mass is 10.2. The minimum atomic E-state index is -2.22. The van der Waals surface area contributed by atoms with Crippen molar-refractivity contribution < 1.29 is 8.85 Å². The third-order valence-corrected chi connectivity index (χ3v) is 6.38. The standard InChI is InChI=1S/C18H25NO2Si/c1-22(14-8-13-19,20-15-17-9-4-2-5-10-17)21-16-18-11-6-3-7-12-18/h2-7,9-12H,8,13-16,19H2,1H3/q-1. The van der Waals surface area contributed by atoms with E-state index < -0.39 is 8.56 Å². The van der Waals surface area contributed by atoms with E-state index in [1.54, 1.807) is 0 Å². The number of hydrogen-bond acceptors (Lipinski definition) is 3. The second-order valence-electron chi connectivity index (χ2n) is 5.57. The first kappa shape index (κ1) is 16.9. The van der Waals surface area contributed by atoms with Crippen LogP contribution in [0.15, 0.2) is 60.7 Å². The minimum Gasteiger partial charge on any atom is -0.542 e. The van der Waals surface area contributed by atoms with E-state index in [9.17, 15) is 0 Å². The second-order valence-corrected chi connectivity index (χ2v) is 8.92. The molecule has 2 aromatic rings. The van der Waals surface area contributed by atoms with Gasteiger partial charge in [0.05, 0.1) is 0 Å². The highest BCUT2D eigenvalue weighted by atomic mass is 28.4. The molecule has 0 radical (unpaired) electrons. The maximum Gasteiger partial charge on any atom is 0.124 e. The number of rotatable bonds is 9. The Hall–Kier alpha value is -1.46. The molecule has 2 aromatic carbocycles. The van der Waals surface area contributed by atoms with Crippen molar-refractivity contribution >= 4 is 8.56 Å². The van der Waals surface area contributed by atoms with Crippen molar-refractivity contribution in [3.05, 3.63) is 71.8 Å². The molecule has 0 aromatic heterocycles. The van der Waals surface area contributed by atoms with E-state index in [2.05, 4.69) is 30.8 Å². The molecule has 0 bridgehead atoms. The number of benzene rings is 2. The minimum absolute atomic E-state index is 0.600. The van der Waals surface area contributed by atoms with Gasteiger partial charge in [-0.1, -0.05) is 67.1 Å². The van der Waals surface area contributed by atoms with Gasteiger partial charge in [-0.15, -0.1) is 12.6 Å². The summed E-state index contributed by atoms with van der Waals surface area (Å²) in [6.45, 7) is 4.01. The Labute approximate surface area is 134 Å². The van der Waals surface area contributed by atoms with Crippen molar-refractivity contribution in [3.8, 4) is 0 Å². The summed E-state index contributed by atoms with van der Waals surface area (Å²) in [4.78, 5) is 0. The van der Waals surface area contributed by atoms with E-state index in [-0.39, 0.29) is 0 Å². The molecule has 0 unspecified atom stereocenters. The molecule has 0 saturated carbocycles. The molecular weight excluding hydrogens is 290 g/mol. The van der Waals surface area contributed by atoms with Crippen LogP contribution in [0.2, 0.25) is 12.6 Å². The maximum absolute atomic E-state index is 6.20. The third kappa shape index (κ3) is 5.73. The van der Waals surface area contributed by atoms with Crippen LogP contribution in [-0.4, -0.2) is 15.1 Å². The van der Waals surface area contributed by atoms with Crippen LogP contribution in [0.5, 0.6) is 0 Å². The summed E-state index contributed by atoms with van der Waals surface area (Å²) in [5, 5.41) is 0. The highest BCUT2D eigenvalue weighted by Gasteiger charge is 2.17. The molecule has 0 aliphatic heterocycles. The Morgan fingerprint density at radius 1 is 0.818 bits per heavy atom. The molecule has 2 rings (SSSR count). The summed E-state index contributed by atoms with van der Waals surface area (Å²) in [6, 6.07) is 21.4. The maximum atomic E-state index is 6.20. The van der Waals surface area contributed by atoms with Gasteiger partial charge in [-0.25, -0.2) is 0 Å². The molecule has 119 valence electrons. The van der Waals surface area contributed by atoms with Gasteiger partial charge >= 0.3 is 0 Å². The molecule has 2 N–H and O–H groups in total. The molecule has 4 heteroatoms. The van der Waals surface area contributed by atoms with Crippen LogP contribution in [0.4, 0.5) is 0 Å². The normalized spacial score (nSPS) is 11.5. The molecule has 0 aliphatic rings. The smallest absolute Gasteiger partial charge is 0.124 e. The van der Waals surface area contributed by atoms with Crippen LogP contribution in [-0.2, 0) is 22.1 Å². The molecule has 0 fully saturated rings. The van der Waals surface area contributed by atoms with Crippen molar-refractivity contribution in [3.63, 3.8) is 0 Å². The summed E-state index contributed by atoms with van der Waals surface area (Å²) in [5.74, 6) is 0. The molecule has 0 heterocycles. The van der Waals surface area contributed by atoms with Crippen LogP contribution >= 0.6 is 0 Å². The second kappa shape index (κ2) is 8.85. The molecular formula is C18H25NO2Si-. The lowest BCUT2D eigenvalue weighted by molar-refractivity contribution is 0.157. The van der Waals surface area contributed by atoms with Gasteiger partial charge < -0.3 is 14.6 Å². The van der Waals surface area contributed by atoms with E-state index >= 15 is 0 Å². The molecule has 0 atom stereocenters. The highest BCUT2D eigenvalue weighted by molar-refractivity contribution is 6.65. The predicted octanol–water partition coefficient (Wildman–Crippen LogP) is 3.84. The van der Waals surface area contributed by atoms with Gasteiger partial charge in [0.15, 0.2) is 0 Å². The van der Waals surface area contributed by atoms with Crippen molar-refractivity contribution in [1.82, 2.24) is 0 Å². The Balaban J connectivity index is 1.93. The molecule has 3 nitrogen and oxygen atoms in total. The Morgan fingerprint density at radius 2 is 1.27 bits per heavy atom. The van der Waals surface area contributed by atoms with Crippen LogP contribution in [0.25, 0.3) is 0 Å². The molecule has 0 spiro atoms. The van der Waals surface area contributed by atoms with Gasteiger partial charge in [0, 0.05) is 13.2 Å². The lowest BCUT2D eigenvalue weighted by Crippen LogP contribution is -2.38. The fourth-order valence-corrected chi connectivity index (χ4v) is 4.39. The zero-order valence-corrected chi connectivity index (χ0v) is 14.2. The molecule has 0 saturated heterocycles. The van der Waals surface area contributed by atoms with Gasteiger partial charge in [0.2, 0.25) is 0 Å². The van der Waals surface area contributed by atoms with Crippen LogP contribution in [0.3, 0.4) is 0 Å². The third-order valence-electron chi connectivity index (χ3n) is 3.61. The topological polar surface area (TPSA) is 44.5 Å². The zero-order chi connectivity index (χ0) is 15.7. The molecule has 0 amide bonds. The monoisotopic (exact) mass is 315 g/mol. The van der Waals surface area contributed by atoms with Crippen LogP contribution in [0.1, 0.15) is 17.5 Å².